The Morgan fingerprint density at radius 3 is 2.48 bits per heavy atom. The van der Waals surface area contributed by atoms with Crippen molar-refractivity contribution >= 4 is 17.5 Å². The van der Waals surface area contributed by atoms with Crippen LogP contribution in [0.25, 0.3) is 0 Å². The summed E-state index contributed by atoms with van der Waals surface area (Å²) in [7, 11) is 5.92. The van der Waals surface area contributed by atoms with Crippen molar-refractivity contribution in [1.29, 1.82) is 0 Å². The minimum absolute atomic E-state index is 0.0233. The fourth-order valence-electron chi connectivity index (χ4n) is 3.10. The molecule has 0 aliphatic carbocycles. The number of hydrogen-bond acceptors (Lipinski definition) is 9. The largest absolute Gasteiger partial charge is 0.497 e. The first-order chi connectivity index (χ1) is 16.1. The summed E-state index contributed by atoms with van der Waals surface area (Å²) in [6.07, 6.45) is 0.596. The number of hydrogen-bond donors (Lipinski definition) is 2. The lowest BCUT2D eigenvalue weighted by atomic mass is 10.1. The third-order valence-electron chi connectivity index (χ3n) is 4.56. The summed E-state index contributed by atoms with van der Waals surface area (Å²) < 4.78 is 31.3. The Balaban J connectivity index is 1.89. The van der Waals surface area contributed by atoms with Crippen LogP contribution >= 0.6 is 0 Å². The number of carbonyl (C=O) groups is 1. The molecule has 0 unspecified atom stereocenters. The molecule has 10 heteroatoms. The highest BCUT2D eigenvalue weighted by molar-refractivity contribution is 5.99. The summed E-state index contributed by atoms with van der Waals surface area (Å²) in [5.41, 5.74) is 2.43. The Morgan fingerprint density at radius 2 is 1.76 bits per heavy atom. The van der Waals surface area contributed by atoms with E-state index in [0.29, 0.717) is 23.7 Å². The summed E-state index contributed by atoms with van der Waals surface area (Å²) in [5.74, 6) is 1.42. The van der Waals surface area contributed by atoms with E-state index in [1.54, 1.807) is 19.2 Å². The van der Waals surface area contributed by atoms with E-state index >= 15 is 0 Å². The molecule has 0 amide bonds. The molecule has 3 rings (SSSR count). The highest BCUT2D eigenvalue weighted by Gasteiger charge is 2.22. The minimum atomic E-state index is -0.585. The first-order valence-corrected chi connectivity index (χ1v) is 10.0. The van der Waals surface area contributed by atoms with Crippen molar-refractivity contribution < 1.29 is 33.2 Å². The van der Waals surface area contributed by atoms with Gasteiger partial charge in [0.15, 0.2) is 13.6 Å². The van der Waals surface area contributed by atoms with Gasteiger partial charge in [0, 0.05) is 38.8 Å². The average Bonchev–Trinajstić information content (AvgIpc) is 3.27. The fourth-order valence-corrected chi connectivity index (χ4v) is 3.10. The molecular formula is C23H27N3O7. The molecular weight excluding hydrogens is 430 g/mol. The maximum atomic E-state index is 12.6. The van der Waals surface area contributed by atoms with Gasteiger partial charge in [-0.15, -0.1) is 0 Å². The number of carbonyl (C=O) groups excluding carboxylic acids is 1. The predicted octanol–water partition coefficient (Wildman–Crippen LogP) is 3.50. The molecule has 1 heterocycles. The van der Waals surface area contributed by atoms with Crippen molar-refractivity contribution in [1.82, 2.24) is 10.2 Å². The number of nitrogens with zero attached hydrogens (tertiary/aromatic N) is 1. The Kier molecular flexibility index (Phi) is 8.50. The second-order valence-electron chi connectivity index (χ2n) is 6.86. The van der Waals surface area contributed by atoms with Crippen molar-refractivity contribution in [3.8, 4) is 17.2 Å². The molecule has 2 aromatic carbocycles. The van der Waals surface area contributed by atoms with Gasteiger partial charge in [-0.1, -0.05) is 12.1 Å². The highest BCUT2D eigenvalue weighted by Crippen LogP contribution is 2.35. The van der Waals surface area contributed by atoms with Gasteiger partial charge >= 0.3 is 5.97 Å². The van der Waals surface area contributed by atoms with Gasteiger partial charge in [0.1, 0.15) is 28.6 Å². The molecule has 0 saturated carbocycles. The zero-order chi connectivity index (χ0) is 23.6. The van der Waals surface area contributed by atoms with Crippen molar-refractivity contribution in [2.75, 3.05) is 47.3 Å². The van der Waals surface area contributed by atoms with Crippen LogP contribution in [0.5, 0.6) is 17.2 Å². The number of ether oxygens (including phenoxy) is 6. The number of aromatic amines is 1. The summed E-state index contributed by atoms with van der Waals surface area (Å²) in [6, 6.07) is 12.8. The van der Waals surface area contributed by atoms with Crippen LogP contribution < -0.4 is 19.5 Å². The molecule has 2 N–H and O–H groups in total. The zero-order valence-electron chi connectivity index (χ0n) is 19.0. The van der Waals surface area contributed by atoms with E-state index in [4.69, 9.17) is 28.4 Å². The average molecular weight is 457 g/mol. The molecule has 0 aliphatic rings. The molecule has 33 heavy (non-hydrogen) atoms. The molecule has 0 atom stereocenters. The molecule has 0 spiro atoms. The first-order valence-electron chi connectivity index (χ1n) is 10.0. The smallest absolute Gasteiger partial charge is 0.343 e. The standard InChI is InChI=1S/C23H27N3O7/c1-28-13-32-18-11-19(22(23(27)31-4)20(12-18)33-14-29-2)24-21-10-16(25-26-21)8-15-6-5-7-17(9-15)30-3/h5-7,9-12H,8,13-14H2,1-4H3,(H2,24,25,26). The Hall–Kier alpha value is -3.76. The van der Waals surface area contributed by atoms with E-state index in [0.717, 1.165) is 17.0 Å². The predicted molar refractivity (Wildman–Crippen MR) is 120 cm³/mol. The van der Waals surface area contributed by atoms with Crippen molar-refractivity contribution in [3.63, 3.8) is 0 Å². The number of rotatable bonds is 12. The number of benzene rings is 2. The van der Waals surface area contributed by atoms with Crippen LogP contribution in [0.1, 0.15) is 21.6 Å². The second-order valence-corrected chi connectivity index (χ2v) is 6.86. The van der Waals surface area contributed by atoms with E-state index < -0.39 is 5.97 Å². The number of anilines is 2. The molecule has 0 fully saturated rings. The van der Waals surface area contributed by atoms with Crippen LogP contribution in [0, 0.1) is 0 Å². The van der Waals surface area contributed by atoms with Crippen LogP contribution in [-0.2, 0) is 20.6 Å². The quantitative estimate of drug-likeness (QED) is 0.312. The van der Waals surface area contributed by atoms with E-state index in [1.807, 2.05) is 30.3 Å². The van der Waals surface area contributed by atoms with Gasteiger partial charge in [-0.25, -0.2) is 4.79 Å². The van der Waals surface area contributed by atoms with Gasteiger partial charge in [0.25, 0.3) is 0 Å². The third-order valence-corrected chi connectivity index (χ3v) is 4.56. The lowest BCUT2D eigenvalue weighted by Crippen LogP contribution is -2.11. The monoisotopic (exact) mass is 457 g/mol. The molecule has 176 valence electrons. The SMILES string of the molecule is COCOc1cc(Nc2cc(Cc3cccc(OC)c3)n[nH]2)c(C(=O)OC)c(OCOC)c1. The van der Waals surface area contributed by atoms with Gasteiger partial charge < -0.3 is 33.7 Å². The normalized spacial score (nSPS) is 10.5. The van der Waals surface area contributed by atoms with Crippen molar-refractivity contribution in [2.24, 2.45) is 0 Å². The lowest BCUT2D eigenvalue weighted by molar-refractivity contribution is 0.0436. The van der Waals surface area contributed by atoms with E-state index in [2.05, 4.69) is 15.5 Å². The Labute approximate surface area is 191 Å². The van der Waals surface area contributed by atoms with Gasteiger partial charge in [0.05, 0.1) is 25.6 Å². The number of nitrogens with one attached hydrogen (secondary N) is 2. The van der Waals surface area contributed by atoms with Crippen LogP contribution in [0.2, 0.25) is 0 Å². The van der Waals surface area contributed by atoms with Crippen molar-refractivity contribution in [2.45, 2.75) is 6.42 Å². The first kappa shape index (κ1) is 23.9. The summed E-state index contributed by atoms with van der Waals surface area (Å²) >= 11 is 0. The van der Waals surface area contributed by atoms with Gasteiger partial charge in [-0.3, -0.25) is 5.10 Å². The zero-order valence-corrected chi connectivity index (χ0v) is 19.0. The molecule has 0 bridgehead atoms. The van der Waals surface area contributed by atoms with Crippen LogP contribution in [0.3, 0.4) is 0 Å². The molecule has 0 radical (unpaired) electrons. The van der Waals surface area contributed by atoms with Gasteiger partial charge in [-0.05, 0) is 17.7 Å². The molecule has 0 aliphatic heterocycles. The minimum Gasteiger partial charge on any atom is -0.497 e. The van der Waals surface area contributed by atoms with Gasteiger partial charge in [0.2, 0.25) is 0 Å². The van der Waals surface area contributed by atoms with Crippen LogP contribution in [0.4, 0.5) is 11.5 Å². The number of H-pyrrole nitrogens is 1. The lowest BCUT2D eigenvalue weighted by Gasteiger charge is -2.17. The Bertz CT molecular complexity index is 1070. The molecule has 3 aromatic rings. The van der Waals surface area contributed by atoms with E-state index in [-0.39, 0.29) is 24.9 Å². The summed E-state index contributed by atoms with van der Waals surface area (Å²) in [5, 5.41) is 10.5. The number of aromatic nitrogens is 2. The number of esters is 1. The summed E-state index contributed by atoms with van der Waals surface area (Å²) in [6.45, 7) is -0.0403. The highest BCUT2D eigenvalue weighted by atomic mass is 16.7. The maximum absolute atomic E-state index is 12.6. The Morgan fingerprint density at radius 1 is 0.970 bits per heavy atom. The second kappa shape index (κ2) is 11.7. The van der Waals surface area contributed by atoms with Gasteiger partial charge in [-0.2, -0.15) is 5.10 Å². The molecule has 10 nitrogen and oxygen atoms in total. The molecule has 0 saturated heterocycles. The summed E-state index contributed by atoms with van der Waals surface area (Å²) in [4.78, 5) is 12.6. The number of methoxy groups -OCH3 is 4. The maximum Gasteiger partial charge on any atom is 0.343 e. The fraction of sp³-hybridized carbons (Fsp3) is 0.304. The third kappa shape index (κ3) is 6.37. The van der Waals surface area contributed by atoms with Crippen LogP contribution in [-0.4, -0.2) is 58.2 Å². The molecule has 1 aromatic heterocycles. The van der Waals surface area contributed by atoms with Crippen LogP contribution in [0.15, 0.2) is 42.5 Å². The topological polar surface area (TPSA) is 113 Å². The van der Waals surface area contributed by atoms with Crippen molar-refractivity contribution in [3.05, 3.63) is 59.3 Å². The van der Waals surface area contributed by atoms with E-state index in [9.17, 15) is 4.79 Å². The van der Waals surface area contributed by atoms with E-state index in [1.165, 1.54) is 21.3 Å².